The molecule has 6 nitrogen and oxygen atoms in total. The highest BCUT2D eigenvalue weighted by Gasteiger charge is 2.18. The van der Waals surface area contributed by atoms with Gasteiger partial charge < -0.3 is 8.98 Å². The van der Waals surface area contributed by atoms with Crippen molar-refractivity contribution in [2.75, 3.05) is 0 Å². The highest BCUT2D eigenvalue weighted by atomic mass is 16.3. The van der Waals surface area contributed by atoms with Crippen LogP contribution in [0.4, 0.5) is 0 Å². The van der Waals surface area contributed by atoms with Gasteiger partial charge >= 0.3 is 0 Å². The van der Waals surface area contributed by atoms with Gasteiger partial charge in [-0.2, -0.15) is 0 Å². The molecule has 0 aliphatic carbocycles. The zero-order valence-electron chi connectivity index (χ0n) is 28.4. The average Bonchev–Trinajstić information content (AvgIpc) is 3.91. The van der Waals surface area contributed by atoms with E-state index < -0.39 is 0 Å². The zero-order valence-corrected chi connectivity index (χ0v) is 28.4. The van der Waals surface area contributed by atoms with Crippen LogP contribution in [-0.2, 0) is 0 Å². The summed E-state index contributed by atoms with van der Waals surface area (Å²) < 4.78 is 11.0. The molecule has 0 atom stereocenters. The van der Waals surface area contributed by atoms with Gasteiger partial charge in [0, 0.05) is 62.0 Å². The number of para-hydroxylation sites is 5. The lowest BCUT2D eigenvalue weighted by Crippen LogP contribution is -1.99. The van der Waals surface area contributed by atoms with Crippen molar-refractivity contribution in [3.05, 3.63) is 176 Å². The fraction of sp³-hybridized carbons (Fsp3) is 0. The van der Waals surface area contributed by atoms with Crippen LogP contribution in [0.2, 0.25) is 0 Å². The van der Waals surface area contributed by atoms with Crippen molar-refractivity contribution in [1.82, 2.24) is 24.1 Å². The smallest absolute Gasteiger partial charge is 0.145 e. The standard InChI is InChI=1S/C47H29N5O/c1-4-13-42-37(8-1)40-26-32(36-10-7-11-39-38-9-2-6-15-45(38)53-46(36)39)20-25-43(40)51(42)34-21-23-35(24-22-34)52-44-14-5-3-12-41(44)50-47(52)31-18-16-30(17-19-31)33-27-48-29-49-28-33/h1-29H. The van der Waals surface area contributed by atoms with Crippen molar-refractivity contribution in [3.63, 3.8) is 0 Å². The van der Waals surface area contributed by atoms with Crippen LogP contribution in [0.1, 0.15) is 0 Å². The van der Waals surface area contributed by atoms with E-state index in [-0.39, 0.29) is 0 Å². The third kappa shape index (κ3) is 4.63. The number of furan rings is 1. The summed E-state index contributed by atoms with van der Waals surface area (Å²) in [5.41, 5.74) is 13.6. The Labute approximate surface area is 303 Å². The van der Waals surface area contributed by atoms with Crippen LogP contribution < -0.4 is 0 Å². The normalized spacial score (nSPS) is 11.8. The molecular formula is C47H29N5O. The number of hydrogen-bond donors (Lipinski definition) is 0. The molecule has 7 aromatic carbocycles. The van der Waals surface area contributed by atoms with Crippen LogP contribution in [0.15, 0.2) is 181 Å². The Morgan fingerprint density at radius 2 is 1.08 bits per heavy atom. The number of benzene rings is 7. The second-order valence-corrected chi connectivity index (χ2v) is 13.3. The molecule has 0 aliphatic rings. The maximum absolute atomic E-state index is 6.42. The van der Waals surface area contributed by atoms with Crippen LogP contribution in [0, 0.1) is 0 Å². The van der Waals surface area contributed by atoms with Gasteiger partial charge in [-0.25, -0.2) is 15.0 Å². The van der Waals surface area contributed by atoms with Crippen molar-refractivity contribution in [3.8, 4) is 45.0 Å². The summed E-state index contributed by atoms with van der Waals surface area (Å²) in [5.74, 6) is 0.888. The SMILES string of the molecule is c1ccc2c(c1)nc(-c1ccc(-c3cncnc3)cc1)n2-c1ccc(-n2c3ccccc3c3cc(-c4cccc5c4oc4ccccc45)ccc32)cc1. The van der Waals surface area contributed by atoms with Crippen LogP contribution in [0.25, 0.3) is 99.8 Å². The summed E-state index contributed by atoms with van der Waals surface area (Å²) in [6.07, 6.45) is 5.21. The Morgan fingerprint density at radius 1 is 0.434 bits per heavy atom. The second-order valence-electron chi connectivity index (χ2n) is 13.3. The molecule has 4 aromatic heterocycles. The summed E-state index contributed by atoms with van der Waals surface area (Å²) in [6.45, 7) is 0. The molecule has 0 N–H and O–H groups in total. The summed E-state index contributed by atoms with van der Waals surface area (Å²) in [7, 11) is 0. The highest BCUT2D eigenvalue weighted by Crippen LogP contribution is 2.40. The van der Waals surface area contributed by atoms with E-state index in [0.717, 1.165) is 89.0 Å². The van der Waals surface area contributed by atoms with Crippen molar-refractivity contribution in [2.45, 2.75) is 0 Å². The maximum atomic E-state index is 6.42. The number of aromatic nitrogens is 5. The Kier molecular flexibility index (Phi) is 6.45. The first-order valence-corrected chi connectivity index (χ1v) is 17.7. The fourth-order valence-corrected chi connectivity index (χ4v) is 7.88. The zero-order chi connectivity index (χ0) is 34.9. The molecule has 0 unspecified atom stereocenters. The van der Waals surface area contributed by atoms with Crippen LogP contribution in [0.5, 0.6) is 0 Å². The predicted octanol–water partition coefficient (Wildman–Crippen LogP) is 11.8. The number of hydrogen-bond acceptors (Lipinski definition) is 4. The van der Waals surface area contributed by atoms with E-state index in [2.05, 4.69) is 159 Å². The second kappa shape index (κ2) is 11.6. The van der Waals surface area contributed by atoms with Crippen molar-refractivity contribution in [2.24, 2.45) is 0 Å². The molecule has 0 spiro atoms. The molecule has 0 amide bonds. The van der Waals surface area contributed by atoms with Crippen LogP contribution >= 0.6 is 0 Å². The quantitative estimate of drug-likeness (QED) is 0.182. The molecule has 53 heavy (non-hydrogen) atoms. The Balaban J connectivity index is 1.02. The molecule has 248 valence electrons. The van der Waals surface area contributed by atoms with Crippen LogP contribution in [-0.4, -0.2) is 24.1 Å². The van der Waals surface area contributed by atoms with Gasteiger partial charge in [0.2, 0.25) is 0 Å². The average molecular weight is 680 g/mol. The summed E-state index contributed by atoms with van der Waals surface area (Å²) in [5, 5.41) is 4.67. The Morgan fingerprint density at radius 3 is 1.91 bits per heavy atom. The molecule has 0 bridgehead atoms. The minimum atomic E-state index is 0.888. The van der Waals surface area contributed by atoms with Crippen LogP contribution in [0.3, 0.4) is 0 Å². The van der Waals surface area contributed by atoms with Gasteiger partial charge in [-0.1, -0.05) is 97.1 Å². The number of nitrogens with zero attached hydrogens (tertiary/aromatic N) is 5. The minimum Gasteiger partial charge on any atom is -0.455 e. The molecule has 11 rings (SSSR count). The lowest BCUT2D eigenvalue weighted by Gasteiger charge is -2.13. The first kappa shape index (κ1) is 29.4. The van der Waals surface area contributed by atoms with E-state index in [1.807, 2.05) is 30.6 Å². The highest BCUT2D eigenvalue weighted by molar-refractivity contribution is 6.13. The van der Waals surface area contributed by atoms with E-state index in [9.17, 15) is 0 Å². The van der Waals surface area contributed by atoms with E-state index in [0.29, 0.717) is 0 Å². The summed E-state index contributed by atoms with van der Waals surface area (Å²) in [4.78, 5) is 13.5. The lowest BCUT2D eigenvalue weighted by atomic mass is 10.0. The molecule has 0 saturated carbocycles. The Bertz CT molecular complexity index is 3150. The largest absolute Gasteiger partial charge is 0.455 e. The first-order chi connectivity index (χ1) is 26.3. The van der Waals surface area contributed by atoms with Gasteiger partial charge in [0.25, 0.3) is 0 Å². The van der Waals surface area contributed by atoms with Crippen molar-refractivity contribution >= 4 is 54.8 Å². The van der Waals surface area contributed by atoms with Gasteiger partial charge in [0.1, 0.15) is 23.3 Å². The van der Waals surface area contributed by atoms with Crippen molar-refractivity contribution in [1.29, 1.82) is 0 Å². The van der Waals surface area contributed by atoms with Gasteiger partial charge in [0.05, 0.1) is 22.1 Å². The first-order valence-electron chi connectivity index (χ1n) is 17.7. The van der Waals surface area contributed by atoms with Gasteiger partial charge in [-0.15, -0.1) is 0 Å². The van der Waals surface area contributed by atoms with Gasteiger partial charge in [0.15, 0.2) is 0 Å². The number of fused-ring (bicyclic) bond motifs is 7. The topological polar surface area (TPSA) is 61.7 Å². The monoisotopic (exact) mass is 679 g/mol. The van der Waals surface area contributed by atoms with Gasteiger partial charge in [-0.3, -0.25) is 4.57 Å². The molecule has 4 heterocycles. The molecule has 0 aliphatic heterocycles. The summed E-state index contributed by atoms with van der Waals surface area (Å²) >= 11 is 0. The van der Waals surface area contributed by atoms with E-state index in [1.165, 1.54) is 10.8 Å². The third-order valence-corrected chi connectivity index (χ3v) is 10.4. The van der Waals surface area contributed by atoms with Gasteiger partial charge in [-0.05, 0) is 71.8 Å². The van der Waals surface area contributed by atoms with E-state index >= 15 is 0 Å². The molecule has 0 fully saturated rings. The molecular weight excluding hydrogens is 651 g/mol. The van der Waals surface area contributed by atoms with E-state index in [4.69, 9.17) is 9.40 Å². The lowest BCUT2D eigenvalue weighted by molar-refractivity contribution is 0.670. The Hall–Kier alpha value is -7.31. The summed E-state index contributed by atoms with van der Waals surface area (Å²) in [6, 6.07) is 55.7. The van der Waals surface area contributed by atoms with E-state index in [1.54, 1.807) is 6.33 Å². The minimum absolute atomic E-state index is 0.888. The predicted molar refractivity (Wildman–Crippen MR) is 215 cm³/mol. The maximum Gasteiger partial charge on any atom is 0.145 e. The van der Waals surface area contributed by atoms with Crippen molar-refractivity contribution < 1.29 is 4.42 Å². The third-order valence-electron chi connectivity index (χ3n) is 10.4. The molecule has 0 radical (unpaired) electrons. The molecule has 0 saturated heterocycles. The molecule has 11 aromatic rings. The number of imidazole rings is 1. The molecule has 6 heteroatoms. The number of rotatable bonds is 5. The fourth-order valence-electron chi connectivity index (χ4n) is 7.88.